The minimum atomic E-state index is 0.574. The standard InChI is InChI=1S/C30H31N7/c1-21-8-7-11-28(32-21)29-30(37(34-33-29)19-22-9-5-4-6-10-22)23-12-13-27-24(16-23)17-26(18-31-27)36-15-14-25(20-36)35(2)3/h4-13,16-18,25H,14-15,19-20H2,1-3H3. The molecule has 1 aliphatic rings. The highest BCUT2D eigenvalue weighted by Gasteiger charge is 2.25. The fraction of sp³-hybridized carbons (Fsp3) is 0.267. The van der Waals surface area contributed by atoms with Gasteiger partial charge in [0.1, 0.15) is 5.69 Å². The van der Waals surface area contributed by atoms with E-state index < -0.39 is 0 Å². The maximum Gasteiger partial charge on any atom is 0.139 e. The molecule has 6 rings (SSSR count). The smallest absolute Gasteiger partial charge is 0.139 e. The molecule has 0 bridgehead atoms. The summed E-state index contributed by atoms with van der Waals surface area (Å²) < 4.78 is 1.98. The van der Waals surface area contributed by atoms with Crippen molar-refractivity contribution in [2.75, 3.05) is 32.1 Å². The van der Waals surface area contributed by atoms with Crippen LogP contribution in [0.25, 0.3) is 33.5 Å². The molecule has 0 radical (unpaired) electrons. The van der Waals surface area contributed by atoms with Gasteiger partial charge in [-0.25, -0.2) is 4.68 Å². The number of aromatic nitrogens is 5. The molecule has 37 heavy (non-hydrogen) atoms. The van der Waals surface area contributed by atoms with Crippen LogP contribution in [-0.2, 0) is 6.54 Å². The highest BCUT2D eigenvalue weighted by atomic mass is 15.4. The highest BCUT2D eigenvalue weighted by Crippen LogP contribution is 2.33. The topological polar surface area (TPSA) is 63.0 Å². The second kappa shape index (κ2) is 9.75. The van der Waals surface area contributed by atoms with Crippen LogP contribution in [-0.4, -0.2) is 63.1 Å². The molecule has 3 aromatic heterocycles. The summed E-state index contributed by atoms with van der Waals surface area (Å²) in [6.07, 6.45) is 3.17. The predicted octanol–water partition coefficient (Wildman–Crippen LogP) is 5.05. The van der Waals surface area contributed by atoms with Crippen LogP contribution >= 0.6 is 0 Å². The van der Waals surface area contributed by atoms with E-state index in [2.05, 4.69) is 82.7 Å². The van der Waals surface area contributed by atoms with Crippen LogP contribution in [0.4, 0.5) is 5.69 Å². The molecule has 1 saturated heterocycles. The first-order chi connectivity index (χ1) is 18.0. The van der Waals surface area contributed by atoms with E-state index in [1.165, 1.54) is 17.7 Å². The van der Waals surface area contributed by atoms with Crippen LogP contribution in [0.3, 0.4) is 0 Å². The van der Waals surface area contributed by atoms with Gasteiger partial charge in [-0.05, 0) is 63.3 Å². The summed E-state index contributed by atoms with van der Waals surface area (Å²) in [4.78, 5) is 14.3. The van der Waals surface area contributed by atoms with Gasteiger partial charge in [0.05, 0.1) is 35.3 Å². The van der Waals surface area contributed by atoms with Crippen molar-refractivity contribution in [2.24, 2.45) is 0 Å². The van der Waals surface area contributed by atoms with Crippen molar-refractivity contribution in [3.05, 3.63) is 90.3 Å². The molecule has 0 saturated carbocycles. The van der Waals surface area contributed by atoms with Gasteiger partial charge in [-0.15, -0.1) is 5.10 Å². The maximum absolute atomic E-state index is 4.79. The van der Waals surface area contributed by atoms with Gasteiger partial charge in [0.2, 0.25) is 0 Å². The Hall–Kier alpha value is -4.10. The van der Waals surface area contributed by atoms with E-state index in [1.54, 1.807) is 0 Å². The van der Waals surface area contributed by atoms with E-state index in [1.807, 2.05) is 42.1 Å². The van der Waals surface area contributed by atoms with E-state index in [0.29, 0.717) is 12.6 Å². The highest BCUT2D eigenvalue weighted by molar-refractivity contribution is 5.88. The first-order valence-electron chi connectivity index (χ1n) is 12.8. The molecule has 186 valence electrons. The fourth-order valence-corrected chi connectivity index (χ4v) is 5.15. The average molecular weight is 490 g/mol. The van der Waals surface area contributed by atoms with Crippen molar-refractivity contribution in [3.63, 3.8) is 0 Å². The van der Waals surface area contributed by atoms with E-state index in [-0.39, 0.29) is 0 Å². The first kappa shape index (κ1) is 23.3. The molecule has 4 heterocycles. The molecule has 7 heteroatoms. The van der Waals surface area contributed by atoms with Crippen molar-refractivity contribution in [2.45, 2.75) is 25.9 Å². The fourth-order valence-electron chi connectivity index (χ4n) is 5.15. The zero-order valence-electron chi connectivity index (χ0n) is 21.5. The molecule has 1 fully saturated rings. The number of hydrogen-bond donors (Lipinski definition) is 0. The summed E-state index contributed by atoms with van der Waals surface area (Å²) in [5.41, 5.74) is 7.91. The number of likely N-dealkylation sites (N-methyl/N-ethyl adjacent to an activating group) is 1. The number of aryl methyl sites for hydroxylation is 1. The van der Waals surface area contributed by atoms with Gasteiger partial charge in [-0.3, -0.25) is 9.97 Å². The summed E-state index contributed by atoms with van der Waals surface area (Å²) in [5.74, 6) is 0. The first-order valence-corrected chi connectivity index (χ1v) is 12.8. The lowest BCUT2D eigenvalue weighted by molar-refractivity contribution is 0.315. The second-order valence-corrected chi connectivity index (χ2v) is 10.0. The van der Waals surface area contributed by atoms with Gasteiger partial charge >= 0.3 is 0 Å². The Morgan fingerprint density at radius 3 is 2.62 bits per heavy atom. The van der Waals surface area contributed by atoms with E-state index in [9.17, 15) is 0 Å². The van der Waals surface area contributed by atoms with Crippen LogP contribution < -0.4 is 4.90 Å². The molecule has 1 aliphatic heterocycles. The molecule has 0 aliphatic carbocycles. The number of fused-ring (bicyclic) bond motifs is 1. The number of pyridine rings is 2. The van der Waals surface area contributed by atoms with Crippen molar-refractivity contribution in [3.8, 4) is 22.6 Å². The molecule has 1 atom stereocenters. The van der Waals surface area contributed by atoms with E-state index >= 15 is 0 Å². The Balaban J connectivity index is 1.43. The van der Waals surface area contributed by atoms with Gasteiger partial charge in [-0.1, -0.05) is 47.7 Å². The summed E-state index contributed by atoms with van der Waals surface area (Å²) in [7, 11) is 4.32. The van der Waals surface area contributed by atoms with E-state index in [0.717, 1.165) is 52.3 Å². The maximum atomic E-state index is 4.79. The minimum Gasteiger partial charge on any atom is -0.369 e. The third-order valence-electron chi connectivity index (χ3n) is 7.24. The summed E-state index contributed by atoms with van der Waals surface area (Å²) in [6.45, 7) is 4.70. The van der Waals surface area contributed by atoms with Gasteiger partial charge in [-0.2, -0.15) is 0 Å². The summed E-state index contributed by atoms with van der Waals surface area (Å²) >= 11 is 0. The summed E-state index contributed by atoms with van der Waals surface area (Å²) in [5, 5.41) is 10.3. The molecule has 0 amide bonds. The lowest BCUT2D eigenvalue weighted by Gasteiger charge is -2.22. The number of rotatable bonds is 6. The molecular formula is C30H31N7. The predicted molar refractivity (Wildman–Crippen MR) is 149 cm³/mol. The average Bonchev–Trinajstić information content (AvgIpc) is 3.57. The molecule has 0 N–H and O–H groups in total. The Bertz CT molecular complexity index is 1540. The van der Waals surface area contributed by atoms with Crippen LogP contribution in [0.1, 0.15) is 17.7 Å². The lowest BCUT2D eigenvalue weighted by atomic mass is 10.0. The monoisotopic (exact) mass is 489 g/mol. The summed E-state index contributed by atoms with van der Waals surface area (Å²) in [6, 6.07) is 25.6. The quantitative estimate of drug-likeness (QED) is 0.333. The Morgan fingerprint density at radius 1 is 0.973 bits per heavy atom. The normalized spacial score (nSPS) is 15.7. The second-order valence-electron chi connectivity index (χ2n) is 10.0. The number of benzene rings is 2. The molecular weight excluding hydrogens is 458 g/mol. The lowest BCUT2D eigenvalue weighted by Crippen LogP contribution is -2.31. The Kier molecular flexibility index (Phi) is 6.14. The van der Waals surface area contributed by atoms with Crippen LogP contribution in [0, 0.1) is 6.92 Å². The zero-order chi connectivity index (χ0) is 25.4. The number of nitrogens with zero attached hydrogens (tertiary/aromatic N) is 7. The van der Waals surface area contributed by atoms with E-state index in [4.69, 9.17) is 9.97 Å². The van der Waals surface area contributed by atoms with Crippen LogP contribution in [0.15, 0.2) is 79.0 Å². The Labute approximate surface area is 217 Å². The molecule has 2 aromatic carbocycles. The number of anilines is 1. The van der Waals surface area contributed by atoms with Crippen molar-refractivity contribution >= 4 is 16.6 Å². The van der Waals surface area contributed by atoms with Crippen LogP contribution in [0.5, 0.6) is 0 Å². The SMILES string of the molecule is Cc1cccc(-c2nnn(Cc3ccccc3)c2-c2ccc3ncc(N4CCC(N(C)C)C4)cc3c2)n1. The third kappa shape index (κ3) is 4.70. The molecule has 5 aromatic rings. The van der Waals surface area contributed by atoms with Crippen molar-refractivity contribution in [1.29, 1.82) is 0 Å². The zero-order valence-corrected chi connectivity index (χ0v) is 21.5. The van der Waals surface area contributed by atoms with Gasteiger partial charge < -0.3 is 9.80 Å². The largest absolute Gasteiger partial charge is 0.369 e. The molecule has 1 unspecified atom stereocenters. The van der Waals surface area contributed by atoms with Crippen molar-refractivity contribution < 1.29 is 0 Å². The van der Waals surface area contributed by atoms with Gasteiger partial charge in [0.15, 0.2) is 0 Å². The van der Waals surface area contributed by atoms with Gasteiger partial charge in [0, 0.05) is 35.8 Å². The molecule has 0 spiro atoms. The number of hydrogen-bond acceptors (Lipinski definition) is 6. The minimum absolute atomic E-state index is 0.574. The van der Waals surface area contributed by atoms with Gasteiger partial charge in [0.25, 0.3) is 0 Å². The molecule has 7 nitrogen and oxygen atoms in total. The third-order valence-corrected chi connectivity index (χ3v) is 7.24. The Morgan fingerprint density at radius 2 is 1.84 bits per heavy atom. The van der Waals surface area contributed by atoms with Crippen LogP contribution in [0.2, 0.25) is 0 Å². The van der Waals surface area contributed by atoms with Crippen molar-refractivity contribution in [1.82, 2.24) is 29.9 Å².